The number of imidazole rings is 1. The van der Waals surface area contributed by atoms with Crippen molar-refractivity contribution in [2.45, 2.75) is 64.5 Å². The summed E-state index contributed by atoms with van der Waals surface area (Å²) in [4.78, 5) is 32.5. The Morgan fingerprint density at radius 2 is 1.88 bits per heavy atom. The van der Waals surface area contributed by atoms with Crippen LogP contribution in [0.15, 0.2) is 41.1 Å². The van der Waals surface area contributed by atoms with Crippen molar-refractivity contribution in [2.24, 2.45) is 11.8 Å². The Morgan fingerprint density at radius 3 is 2.47 bits per heavy atom. The quantitative estimate of drug-likeness (QED) is 0.499. The van der Waals surface area contributed by atoms with Crippen molar-refractivity contribution in [1.82, 2.24) is 20.6 Å². The fourth-order valence-corrected chi connectivity index (χ4v) is 4.32. The highest BCUT2D eigenvalue weighted by molar-refractivity contribution is 9.10. The molecule has 1 aromatic carbocycles. The molecule has 32 heavy (non-hydrogen) atoms. The predicted molar refractivity (Wildman–Crippen MR) is 127 cm³/mol. The molecule has 0 saturated heterocycles. The van der Waals surface area contributed by atoms with Gasteiger partial charge in [-0.05, 0) is 80.3 Å². The number of amides is 2. The molecule has 0 radical (unpaired) electrons. The first-order chi connectivity index (χ1) is 15.2. The normalized spacial score (nSPS) is 19.8. The molecular weight excluding hydrogens is 472 g/mol. The van der Waals surface area contributed by atoms with Crippen molar-refractivity contribution in [1.29, 1.82) is 0 Å². The van der Waals surface area contributed by atoms with Gasteiger partial charge in [0.15, 0.2) is 0 Å². The molecule has 2 amide bonds. The first kappa shape index (κ1) is 24.3. The lowest BCUT2D eigenvalue weighted by molar-refractivity contribution is -0.127. The Kier molecular flexibility index (Phi) is 8.34. The molecule has 3 rings (SSSR count). The van der Waals surface area contributed by atoms with E-state index in [0.717, 1.165) is 41.7 Å². The van der Waals surface area contributed by atoms with Gasteiger partial charge in [0.25, 0.3) is 0 Å². The second kappa shape index (κ2) is 11.0. The van der Waals surface area contributed by atoms with E-state index in [4.69, 9.17) is 4.74 Å². The van der Waals surface area contributed by atoms with Crippen molar-refractivity contribution >= 4 is 27.9 Å². The summed E-state index contributed by atoms with van der Waals surface area (Å²) < 4.78 is 6.09. The zero-order valence-corrected chi connectivity index (χ0v) is 20.6. The maximum Gasteiger partial charge on any atom is 0.407 e. The first-order valence-corrected chi connectivity index (χ1v) is 12.0. The van der Waals surface area contributed by atoms with Crippen LogP contribution in [0.1, 0.15) is 63.9 Å². The number of carbonyl (C=O) groups is 2. The molecule has 8 heteroatoms. The Bertz CT molecular complexity index is 886. The van der Waals surface area contributed by atoms with E-state index in [-0.39, 0.29) is 24.0 Å². The van der Waals surface area contributed by atoms with E-state index in [1.165, 1.54) is 0 Å². The number of alkyl carbamates (subject to hydrolysis) is 1. The predicted octanol–water partition coefficient (Wildman–Crippen LogP) is 4.90. The molecule has 3 N–H and O–H groups in total. The van der Waals surface area contributed by atoms with Crippen molar-refractivity contribution in [2.75, 3.05) is 6.54 Å². The highest BCUT2D eigenvalue weighted by Gasteiger charge is 2.29. The van der Waals surface area contributed by atoms with Gasteiger partial charge < -0.3 is 20.4 Å². The standard InChI is InChI=1S/C24H33BrN4O3/c1-24(2,3)32-23(31)27-14-17-9-11-18(12-10-17)22(30)28-19(21-26-15-20(25)29-21)13-16-7-5-4-6-8-16/h4-8,15,17-19H,9-14H2,1-3H3,(H,26,29)(H,27,31)(H,28,30)/t17?,18?,19-/m0/s1. The van der Waals surface area contributed by atoms with Crippen LogP contribution in [0.3, 0.4) is 0 Å². The van der Waals surface area contributed by atoms with Crippen molar-refractivity contribution in [3.8, 4) is 0 Å². The molecule has 1 fully saturated rings. The van der Waals surface area contributed by atoms with Crippen LogP contribution < -0.4 is 10.6 Å². The van der Waals surface area contributed by atoms with Crippen LogP contribution >= 0.6 is 15.9 Å². The number of hydrogen-bond acceptors (Lipinski definition) is 4. The fraction of sp³-hybridized carbons (Fsp3) is 0.542. The number of nitrogens with one attached hydrogen (secondary N) is 3. The van der Waals surface area contributed by atoms with Gasteiger partial charge in [-0.1, -0.05) is 30.3 Å². The van der Waals surface area contributed by atoms with Gasteiger partial charge in [0.05, 0.1) is 12.2 Å². The van der Waals surface area contributed by atoms with E-state index < -0.39 is 5.60 Å². The monoisotopic (exact) mass is 504 g/mol. The molecule has 0 spiro atoms. The number of carbonyl (C=O) groups excluding carboxylic acids is 2. The van der Waals surface area contributed by atoms with Crippen LogP contribution in [0.25, 0.3) is 0 Å². The summed E-state index contributed by atoms with van der Waals surface area (Å²) in [5.74, 6) is 1.15. The highest BCUT2D eigenvalue weighted by atomic mass is 79.9. The lowest BCUT2D eigenvalue weighted by Crippen LogP contribution is -2.39. The highest BCUT2D eigenvalue weighted by Crippen LogP contribution is 2.29. The minimum atomic E-state index is -0.500. The third-order valence-electron chi connectivity index (χ3n) is 5.65. The Morgan fingerprint density at radius 1 is 1.19 bits per heavy atom. The molecule has 1 saturated carbocycles. The smallest absolute Gasteiger partial charge is 0.407 e. The zero-order valence-electron chi connectivity index (χ0n) is 19.0. The number of ether oxygens (including phenoxy) is 1. The maximum atomic E-state index is 13.1. The van der Waals surface area contributed by atoms with Crippen molar-refractivity contribution in [3.05, 3.63) is 52.5 Å². The number of aromatic amines is 1. The van der Waals surface area contributed by atoms with Gasteiger partial charge >= 0.3 is 6.09 Å². The van der Waals surface area contributed by atoms with Gasteiger partial charge in [0, 0.05) is 12.5 Å². The molecule has 1 heterocycles. The minimum Gasteiger partial charge on any atom is -0.444 e. The van der Waals surface area contributed by atoms with E-state index in [9.17, 15) is 9.59 Å². The number of aromatic nitrogens is 2. The molecule has 1 aromatic heterocycles. The number of nitrogens with zero attached hydrogens (tertiary/aromatic N) is 1. The number of rotatable bonds is 7. The number of hydrogen-bond donors (Lipinski definition) is 3. The van der Waals surface area contributed by atoms with E-state index in [1.54, 1.807) is 6.20 Å². The minimum absolute atomic E-state index is 0.0237. The molecular formula is C24H33BrN4O3. The summed E-state index contributed by atoms with van der Waals surface area (Å²) in [6, 6.07) is 9.87. The molecule has 0 unspecified atom stereocenters. The van der Waals surface area contributed by atoms with Crippen molar-refractivity contribution < 1.29 is 14.3 Å². The first-order valence-electron chi connectivity index (χ1n) is 11.2. The summed E-state index contributed by atoms with van der Waals surface area (Å²) in [7, 11) is 0. The van der Waals surface area contributed by atoms with Crippen LogP contribution in [0.2, 0.25) is 0 Å². The lowest BCUT2D eigenvalue weighted by atomic mass is 9.81. The van der Waals surface area contributed by atoms with Crippen LogP contribution in [0.5, 0.6) is 0 Å². The number of halogens is 1. The van der Waals surface area contributed by atoms with E-state index >= 15 is 0 Å². The molecule has 7 nitrogen and oxygen atoms in total. The maximum absolute atomic E-state index is 13.1. The third-order valence-corrected chi connectivity index (χ3v) is 6.05. The topological polar surface area (TPSA) is 96.1 Å². The summed E-state index contributed by atoms with van der Waals surface area (Å²) in [6.07, 6.45) is 5.43. The van der Waals surface area contributed by atoms with Crippen molar-refractivity contribution in [3.63, 3.8) is 0 Å². The third kappa shape index (κ3) is 7.65. The SMILES string of the molecule is CC(C)(C)OC(=O)NCC1CCC(C(=O)N[C@@H](Cc2ccccc2)c2ncc(Br)[nH]2)CC1. The zero-order chi connectivity index (χ0) is 23.1. The summed E-state index contributed by atoms with van der Waals surface area (Å²) in [5, 5.41) is 6.07. The summed E-state index contributed by atoms with van der Waals surface area (Å²) in [6.45, 7) is 6.13. The van der Waals surface area contributed by atoms with Crippen LogP contribution in [-0.4, -0.2) is 34.1 Å². The molecule has 1 aliphatic rings. The average molecular weight is 505 g/mol. The van der Waals surface area contributed by atoms with Gasteiger partial charge in [-0.15, -0.1) is 0 Å². The molecule has 1 aliphatic carbocycles. The largest absolute Gasteiger partial charge is 0.444 e. The molecule has 0 aliphatic heterocycles. The van der Waals surface area contributed by atoms with E-state index in [2.05, 4.69) is 48.7 Å². The van der Waals surface area contributed by atoms with Crippen LogP contribution in [0, 0.1) is 11.8 Å². The van der Waals surface area contributed by atoms with Crippen LogP contribution in [0.4, 0.5) is 4.79 Å². The Hall–Kier alpha value is -2.35. The Labute approximate surface area is 198 Å². The fourth-order valence-electron chi connectivity index (χ4n) is 4.02. The number of benzene rings is 1. The van der Waals surface area contributed by atoms with Gasteiger partial charge in [-0.3, -0.25) is 4.79 Å². The van der Waals surface area contributed by atoms with Gasteiger partial charge in [-0.2, -0.15) is 0 Å². The second-order valence-corrected chi connectivity index (χ2v) is 10.3. The Balaban J connectivity index is 1.51. The lowest BCUT2D eigenvalue weighted by Gasteiger charge is -2.29. The molecule has 1 atom stereocenters. The van der Waals surface area contributed by atoms with Gasteiger partial charge in [0.1, 0.15) is 16.0 Å². The van der Waals surface area contributed by atoms with E-state index in [1.807, 2.05) is 39.0 Å². The second-order valence-electron chi connectivity index (χ2n) is 9.47. The molecule has 2 aromatic rings. The van der Waals surface area contributed by atoms with Gasteiger partial charge in [-0.25, -0.2) is 9.78 Å². The molecule has 174 valence electrons. The van der Waals surface area contributed by atoms with Gasteiger partial charge in [0.2, 0.25) is 5.91 Å². The summed E-state index contributed by atoms with van der Waals surface area (Å²) >= 11 is 3.41. The summed E-state index contributed by atoms with van der Waals surface area (Å²) in [5.41, 5.74) is 0.641. The number of H-pyrrole nitrogens is 1. The molecule has 0 bridgehead atoms. The van der Waals surface area contributed by atoms with Crippen LogP contribution in [-0.2, 0) is 16.0 Å². The average Bonchev–Trinajstić information content (AvgIpc) is 3.18. The van der Waals surface area contributed by atoms with E-state index in [0.29, 0.717) is 18.9 Å².